The van der Waals surface area contributed by atoms with Crippen molar-refractivity contribution >= 4 is 39.3 Å². The van der Waals surface area contributed by atoms with E-state index in [0.717, 1.165) is 25.9 Å². The summed E-state index contributed by atoms with van der Waals surface area (Å²) < 4.78 is 35.1. The van der Waals surface area contributed by atoms with E-state index >= 15 is 0 Å². The molecule has 2 amide bonds. The van der Waals surface area contributed by atoms with Crippen molar-refractivity contribution in [1.29, 1.82) is 0 Å². The highest BCUT2D eigenvalue weighted by atomic mass is 32.2. The van der Waals surface area contributed by atoms with E-state index in [0.29, 0.717) is 18.0 Å². The lowest BCUT2D eigenvalue weighted by Gasteiger charge is -2.34. The number of carbonyl (C=O) groups excluding carboxylic acids is 2. The van der Waals surface area contributed by atoms with Gasteiger partial charge in [-0.3, -0.25) is 13.9 Å². The summed E-state index contributed by atoms with van der Waals surface area (Å²) in [6.45, 7) is 5.90. The maximum atomic E-state index is 14.6. The molecule has 0 aromatic heterocycles. The number of anilines is 1. The Kier molecular flexibility index (Phi) is 12.5. The molecule has 4 rings (SSSR count). The molecule has 10 heteroatoms. The molecule has 1 N–H and O–H groups in total. The molecule has 0 fully saturated rings. The maximum absolute atomic E-state index is 14.6. The van der Waals surface area contributed by atoms with Crippen LogP contribution in [-0.2, 0) is 32.6 Å². The highest BCUT2D eigenvalue weighted by Gasteiger charge is 2.34. The van der Waals surface area contributed by atoms with Gasteiger partial charge in [-0.1, -0.05) is 74.0 Å². The van der Waals surface area contributed by atoms with Gasteiger partial charge in [0.2, 0.25) is 11.8 Å². The smallest absolute Gasteiger partial charge is 0.264 e. The van der Waals surface area contributed by atoms with Crippen LogP contribution >= 0.6 is 11.8 Å². The Bertz CT molecular complexity index is 1730. The first kappa shape index (κ1) is 35.6. The molecule has 248 valence electrons. The van der Waals surface area contributed by atoms with E-state index in [1.807, 2.05) is 87.7 Å². The Morgan fingerprint density at radius 2 is 1.53 bits per heavy atom. The summed E-state index contributed by atoms with van der Waals surface area (Å²) in [7, 11) is -2.61. The normalized spacial score (nSPS) is 12.0. The van der Waals surface area contributed by atoms with Gasteiger partial charge >= 0.3 is 0 Å². The summed E-state index contributed by atoms with van der Waals surface area (Å²) in [5.74, 6) is -0.0237. The molecule has 0 radical (unpaired) electrons. The van der Waals surface area contributed by atoms with Crippen LogP contribution in [0.1, 0.15) is 30.5 Å². The Morgan fingerprint density at radius 1 is 0.872 bits per heavy atom. The summed E-state index contributed by atoms with van der Waals surface area (Å²) in [4.78, 5) is 31.0. The monoisotopic (exact) mass is 673 g/mol. The van der Waals surface area contributed by atoms with Crippen molar-refractivity contribution in [2.75, 3.05) is 30.8 Å². The molecule has 8 nitrogen and oxygen atoms in total. The van der Waals surface area contributed by atoms with Crippen LogP contribution in [0, 0.1) is 12.8 Å². The molecule has 0 heterocycles. The van der Waals surface area contributed by atoms with Crippen molar-refractivity contribution in [3.8, 4) is 5.75 Å². The van der Waals surface area contributed by atoms with Crippen LogP contribution in [0.15, 0.2) is 113 Å². The minimum atomic E-state index is -4.17. The highest BCUT2D eigenvalue weighted by molar-refractivity contribution is 7.98. The zero-order chi connectivity index (χ0) is 34.0. The fourth-order valence-corrected chi connectivity index (χ4v) is 6.88. The lowest BCUT2D eigenvalue weighted by atomic mass is 10.0. The number of thioether (sulfide) groups is 1. The van der Waals surface area contributed by atoms with Crippen molar-refractivity contribution in [2.45, 2.75) is 49.6 Å². The first-order valence-electron chi connectivity index (χ1n) is 15.5. The number of amides is 2. The number of nitrogens with zero attached hydrogens (tertiary/aromatic N) is 2. The number of methoxy groups -OCH3 is 1. The number of carbonyl (C=O) groups is 2. The quantitative estimate of drug-likeness (QED) is 0.148. The standard InChI is InChI=1S/C37H43N3O5S2/c1-27(2)24-38-37(42)35(23-29-10-7-6-8-11-29)39(25-30-12-9-13-32(22-30)45-4)36(41)26-40(31-16-14-28(3)15-17-31)47(43,44)34-20-18-33(46-5)19-21-34/h6-22,27,35H,23-26H2,1-5H3,(H,38,42)/t35-/m0/s1. The molecular weight excluding hydrogens is 631 g/mol. The molecule has 0 aliphatic rings. The molecule has 4 aromatic rings. The van der Waals surface area contributed by atoms with Gasteiger partial charge in [-0.05, 0) is 78.8 Å². The average Bonchev–Trinajstić information content (AvgIpc) is 3.08. The molecule has 47 heavy (non-hydrogen) atoms. The number of nitrogens with one attached hydrogen (secondary N) is 1. The van der Waals surface area contributed by atoms with Crippen LogP contribution in [0.25, 0.3) is 0 Å². The van der Waals surface area contributed by atoms with Gasteiger partial charge in [0.15, 0.2) is 0 Å². The molecule has 0 saturated carbocycles. The van der Waals surface area contributed by atoms with Crippen molar-refractivity contribution in [3.63, 3.8) is 0 Å². The number of ether oxygens (including phenoxy) is 1. The third-order valence-corrected chi connectivity index (χ3v) is 10.2. The SMILES string of the molecule is COc1cccc(CN(C(=O)CN(c2ccc(C)cc2)S(=O)(=O)c2ccc(SC)cc2)[C@@H](Cc2ccccc2)C(=O)NCC(C)C)c1. The second-order valence-corrected chi connectivity index (χ2v) is 14.5. The number of sulfonamides is 1. The average molecular weight is 674 g/mol. The summed E-state index contributed by atoms with van der Waals surface area (Å²) in [5, 5.41) is 3.01. The molecule has 0 unspecified atom stereocenters. The zero-order valence-electron chi connectivity index (χ0n) is 27.6. The largest absolute Gasteiger partial charge is 0.497 e. The number of hydrogen-bond acceptors (Lipinski definition) is 6. The Hall–Kier alpha value is -4.28. The van der Waals surface area contributed by atoms with Crippen molar-refractivity contribution < 1.29 is 22.7 Å². The molecule has 0 aliphatic heterocycles. The Morgan fingerprint density at radius 3 is 2.15 bits per heavy atom. The van der Waals surface area contributed by atoms with Gasteiger partial charge in [-0.2, -0.15) is 0 Å². The summed E-state index contributed by atoms with van der Waals surface area (Å²) >= 11 is 1.51. The molecule has 1 atom stereocenters. The van der Waals surface area contributed by atoms with Crippen molar-refractivity contribution in [1.82, 2.24) is 10.2 Å². The second-order valence-electron chi connectivity index (χ2n) is 11.7. The molecule has 0 bridgehead atoms. The van der Waals surface area contributed by atoms with Gasteiger partial charge in [0.25, 0.3) is 10.0 Å². The third kappa shape index (κ3) is 9.62. The first-order valence-corrected chi connectivity index (χ1v) is 18.2. The minimum absolute atomic E-state index is 0.0623. The number of aryl methyl sites for hydroxylation is 1. The van der Waals surface area contributed by atoms with Gasteiger partial charge < -0.3 is 15.0 Å². The number of benzene rings is 4. The molecule has 4 aromatic carbocycles. The van der Waals surface area contributed by atoms with E-state index in [4.69, 9.17) is 4.74 Å². The third-order valence-electron chi connectivity index (χ3n) is 7.69. The first-order chi connectivity index (χ1) is 22.5. The van der Waals surface area contributed by atoms with E-state index in [9.17, 15) is 18.0 Å². The summed E-state index contributed by atoms with van der Waals surface area (Å²) in [6.07, 6.45) is 2.16. The molecule has 0 spiro atoms. The fourth-order valence-electron chi connectivity index (χ4n) is 5.06. The summed E-state index contributed by atoms with van der Waals surface area (Å²) in [5.41, 5.74) is 2.91. The summed E-state index contributed by atoms with van der Waals surface area (Å²) in [6, 6.07) is 29.5. The van der Waals surface area contributed by atoms with Crippen LogP contribution in [0.4, 0.5) is 5.69 Å². The topological polar surface area (TPSA) is 96.0 Å². The molecular formula is C37H43N3O5S2. The van der Waals surface area contributed by atoms with Crippen LogP contribution < -0.4 is 14.4 Å². The highest BCUT2D eigenvalue weighted by Crippen LogP contribution is 2.27. The number of hydrogen-bond donors (Lipinski definition) is 1. The van der Waals surface area contributed by atoms with Gasteiger partial charge in [0, 0.05) is 24.4 Å². The van der Waals surface area contributed by atoms with E-state index in [1.54, 1.807) is 49.6 Å². The van der Waals surface area contributed by atoms with Gasteiger partial charge in [-0.15, -0.1) is 11.8 Å². The van der Waals surface area contributed by atoms with Crippen LogP contribution in [0.3, 0.4) is 0 Å². The predicted octanol–water partition coefficient (Wildman–Crippen LogP) is 6.33. The minimum Gasteiger partial charge on any atom is -0.497 e. The van der Waals surface area contributed by atoms with Gasteiger partial charge in [-0.25, -0.2) is 8.42 Å². The number of rotatable bonds is 15. The Balaban J connectivity index is 1.80. The van der Waals surface area contributed by atoms with Crippen molar-refractivity contribution in [3.05, 3.63) is 120 Å². The lowest BCUT2D eigenvalue weighted by molar-refractivity contribution is -0.140. The molecule has 0 saturated heterocycles. The van der Waals surface area contributed by atoms with E-state index in [-0.39, 0.29) is 29.7 Å². The van der Waals surface area contributed by atoms with E-state index in [1.165, 1.54) is 16.7 Å². The van der Waals surface area contributed by atoms with E-state index in [2.05, 4.69) is 5.32 Å². The van der Waals surface area contributed by atoms with Crippen LogP contribution in [0.5, 0.6) is 5.75 Å². The van der Waals surface area contributed by atoms with E-state index < -0.39 is 28.5 Å². The van der Waals surface area contributed by atoms with Crippen molar-refractivity contribution in [2.24, 2.45) is 5.92 Å². The van der Waals surface area contributed by atoms with Gasteiger partial charge in [0.05, 0.1) is 17.7 Å². The lowest BCUT2D eigenvalue weighted by Crippen LogP contribution is -2.53. The maximum Gasteiger partial charge on any atom is 0.264 e. The zero-order valence-corrected chi connectivity index (χ0v) is 29.2. The molecule has 0 aliphatic carbocycles. The second kappa shape index (κ2) is 16.5. The van der Waals surface area contributed by atoms with Gasteiger partial charge in [0.1, 0.15) is 18.3 Å². The van der Waals surface area contributed by atoms with Crippen LogP contribution in [0.2, 0.25) is 0 Å². The fraction of sp³-hybridized carbons (Fsp3) is 0.297. The predicted molar refractivity (Wildman–Crippen MR) is 189 cm³/mol. The Labute approximate surface area is 283 Å². The van der Waals surface area contributed by atoms with Crippen LogP contribution in [-0.4, -0.2) is 57.6 Å².